The van der Waals surface area contributed by atoms with E-state index in [1.165, 1.54) is 0 Å². The van der Waals surface area contributed by atoms with Crippen molar-refractivity contribution in [3.63, 3.8) is 0 Å². The van der Waals surface area contributed by atoms with E-state index < -0.39 is 42.0 Å². The monoisotopic (exact) mass is 350 g/mol. The summed E-state index contributed by atoms with van der Waals surface area (Å²) in [5, 5.41) is 12.9. The number of esters is 1. The van der Waals surface area contributed by atoms with Gasteiger partial charge in [-0.05, 0) is 13.3 Å². The number of nitrogens with zero attached hydrogens (tertiary/aromatic N) is 1. The lowest BCUT2D eigenvalue weighted by Crippen LogP contribution is -2.63. The number of aryl methyl sites for hydroxylation is 1. The average Bonchev–Trinajstić information content (AvgIpc) is 3.06. The van der Waals surface area contributed by atoms with E-state index in [2.05, 4.69) is 10.3 Å². The van der Waals surface area contributed by atoms with Crippen LogP contribution >= 0.6 is 0 Å². The van der Waals surface area contributed by atoms with Gasteiger partial charge in [-0.15, -0.1) is 0 Å². The molecule has 0 aromatic carbocycles. The number of hydrogen-bond donors (Lipinski definition) is 2. The lowest BCUT2D eigenvalue weighted by Gasteiger charge is -2.42. The maximum atomic E-state index is 13.4. The van der Waals surface area contributed by atoms with Gasteiger partial charge in [0.15, 0.2) is 5.69 Å². The van der Waals surface area contributed by atoms with Crippen LogP contribution in [0.5, 0.6) is 0 Å². The summed E-state index contributed by atoms with van der Waals surface area (Å²) in [6.07, 6.45) is -5.43. The summed E-state index contributed by atoms with van der Waals surface area (Å²) < 4.78 is 55.2. The largest absolute Gasteiger partial charge is 0.461 e. The van der Waals surface area contributed by atoms with E-state index in [9.17, 15) is 23.1 Å². The molecule has 3 atom stereocenters. The van der Waals surface area contributed by atoms with Crippen LogP contribution in [-0.2, 0) is 21.6 Å². The molecular weight excluding hydrogens is 333 g/mol. The van der Waals surface area contributed by atoms with Gasteiger partial charge in [0, 0.05) is 12.8 Å². The molecule has 0 saturated carbocycles. The van der Waals surface area contributed by atoms with Gasteiger partial charge in [-0.1, -0.05) is 6.92 Å². The molecule has 24 heavy (non-hydrogen) atoms. The van der Waals surface area contributed by atoms with E-state index in [0.717, 1.165) is 0 Å². The van der Waals surface area contributed by atoms with Crippen LogP contribution in [0.4, 0.5) is 13.2 Å². The maximum Gasteiger partial charge on any atom is 0.422 e. The fraction of sp³-hybridized carbons (Fsp3) is 0.714. The van der Waals surface area contributed by atoms with Gasteiger partial charge >= 0.3 is 12.1 Å². The molecule has 134 valence electrons. The number of hydrogen-bond acceptors (Lipinski definition) is 7. The first-order valence-corrected chi connectivity index (χ1v) is 7.60. The van der Waals surface area contributed by atoms with Crippen molar-refractivity contribution in [3.8, 4) is 0 Å². The Kier molecular flexibility index (Phi) is 3.89. The third kappa shape index (κ3) is 2.16. The van der Waals surface area contributed by atoms with E-state index in [-0.39, 0.29) is 24.5 Å². The van der Waals surface area contributed by atoms with Crippen molar-refractivity contribution in [3.05, 3.63) is 17.3 Å². The summed E-state index contributed by atoms with van der Waals surface area (Å²) in [7, 11) is 0. The van der Waals surface area contributed by atoms with Crippen molar-refractivity contribution in [1.29, 1.82) is 0 Å². The fourth-order valence-corrected chi connectivity index (χ4v) is 3.04. The second kappa shape index (κ2) is 5.43. The quantitative estimate of drug-likeness (QED) is 0.779. The van der Waals surface area contributed by atoms with Gasteiger partial charge in [0.25, 0.3) is 0 Å². The van der Waals surface area contributed by atoms with E-state index >= 15 is 0 Å². The Morgan fingerprint density at radius 2 is 2.17 bits per heavy atom. The standard InChI is InChI=1S/C14H17F3N2O5/c1-3-5-7-9(10(20)22-4-2)18-11(23-7)13(21)12(14(15,16)17)6-8(19-13)24-12/h8,19,21H,3-6H2,1-2H3. The second-order valence-corrected chi connectivity index (χ2v) is 5.75. The molecule has 3 unspecified atom stereocenters. The van der Waals surface area contributed by atoms with Gasteiger partial charge in [-0.3, -0.25) is 5.32 Å². The minimum absolute atomic E-state index is 0.0719. The number of fused-ring (bicyclic) bond motifs is 1. The van der Waals surface area contributed by atoms with Gasteiger partial charge in [-0.2, -0.15) is 13.2 Å². The fourth-order valence-electron chi connectivity index (χ4n) is 3.04. The van der Waals surface area contributed by atoms with Gasteiger partial charge in [-0.25, -0.2) is 9.78 Å². The Labute approximate surface area is 135 Å². The van der Waals surface area contributed by atoms with Crippen molar-refractivity contribution < 1.29 is 37.0 Å². The Balaban J connectivity index is 2.03. The highest BCUT2D eigenvalue weighted by atomic mass is 19.4. The Bertz CT molecular complexity index is 653. The number of halogens is 3. The van der Waals surface area contributed by atoms with Crippen LogP contribution in [0.3, 0.4) is 0 Å². The number of nitrogens with one attached hydrogen (secondary N) is 1. The zero-order chi connectivity index (χ0) is 17.8. The van der Waals surface area contributed by atoms with Crippen LogP contribution < -0.4 is 5.32 Å². The van der Waals surface area contributed by atoms with Crippen molar-refractivity contribution in [1.82, 2.24) is 10.3 Å². The summed E-state index contributed by atoms with van der Waals surface area (Å²) in [5.41, 5.74) is -5.76. The second-order valence-electron chi connectivity index (χ2n) is 5.75. The molecule has 3 aliphatic rings. The Morgan fingerprint density at radius 3 is 2.71 bits per heavy atom. The first kappa shape index (κ1) is 17.2. The molecule has 10 heteroatoms. The van der Waals surface area contributed by atoms with E-state index in [1.54, 1.807) is 13.8 Å². The predicted molar refractivity (Wildman–Crippen MR) is 71.8 cm³/mol. The topological polar surface area (TPSA) is 93.8 Å². The molecule has 3 fully saturated rings. The molecule has 1 aromatic heterocycles. The molecule has 0 radical (unpaired) electrons. The lowest BCUT2D eigenvalue weighted by molar-refractivity contribution is -0.359. The van der Waals surface area contributed by atoms with Gasteiger partial charge in [0.2, 0.25) is 17.2 Å². The van der Waals surface area contributed by atoms with Crippen LogP contribution in [0, 0.1) is 0 Å². The van der Waals surface area contributed by atoms with Crippen molar-refractivity contribution in [2.75, 3.05) is 6.61 Å². The molecule has 3 aliphatic heterocycles. The summed E-state index contributed by atoms with van der Waals surface area (Å²) in [6, 6.07) is 0. The minimum Gasteiger partial charge on any atom is -0.461 e. The normalized spacial score (nSPS) is 31.8. The number of alkyl halides is 3. The van der Waals surface area contributed by atoms with Gasteiger partial charge < -0.3 is 19.0 Å². The van der Waals surface area contributed by atoms with Crippen LogP contribution in [-0.4, -0.2) is 40.7 Å². The van der Waals surface area contributed by atoms with Crippen LogP contribution in [0.2, 0.25) is 0 Å². The van der Waals surface area contributed by atoms with E-state index in [4.69, 9.17) is 13.9 Å². The lowest BCUT2D eigenvalue weighted by atomic mass is 9.86. The summed E-state index contributed by atoms with van der Waals surface area (Å²) in [5.74, 6) is -1.39. The average molecular weight is 350 g/mol. The highest BCUT2D eigenvalue weighted by Gasteiger charge is 2.82. The van der Waals surface area contributed by atoms with Crippen molar-refractivity contribution in [2.45, 2.75) is 56.8 Å². The number of carbonyl (C=O) groups is 1. The Hall–Kier alpha value is -1.65. The van der Waals surface area contributed by atoms with Crippen molar-refractivity contribution in [2.24, 2.45) is 0 Å². The van der Waals surface area contributed by atoms with Crippen LogP contribution in [0.1, 0.15) is 48.8 Å². The maximum absolute atomic E-state index is 13.4. The van der Waals surface area contributed by atoms with Crippen LogP contribution in [0.25, 0.3) is 0 Å². The highest BCUT2D eigenvalue weighted by molar-refractivity contribution is 5.88. The number of aliphatic hydroxyl groups is 1. The number of carbonyl (C=O) groups excluding carboxylic acids is 1. The number of ether oxygens (including phenoxy) is 2. The predicted octanol–water partition coefficient (Wildman–Crippen LogP) is 1.60. The molecule has 4 rings (SSSR count). The summed E-state index contributed by atoms with van der Waals surface area (Å²) in [4.78, 5) is 15.7. The zero-order valence-electron chi connectivity index (χ0n) is 13.1. The zero-order valence-corrected chi connectivity index (χ0v) is 13.1. The molecule has 4 heterocycles. The molecule has 7 nitrogen and oxygen atoms in total. The number of aromatic nitrogens is 1. The first-order valence-electron chi connectivity index (χ1n) is 7.60. The first-order chi connectivity index (χ1) is 11.2. The molecule has 1 aromatic rings. The Morgan fingerprint density at radius 1 is 1.50 bits per heavy atom. The molecule has 2 bridgehead atoms. The minimum atomic E-state index is -4.84. The SMILES string of the molecule is CCCc1oc(C2(O)NC3CC2(C(F)(F)F)O3)nc1C(=O)OCC. The number of rotatable bonds is 5. The third-order valence-corrected chi connectivity index (χ3v) is 4.18. The summed E-state index contributed by atoms with van der Waals surface area (Å²) >= 11 is 0. The van der Waals surface area contributed by atoms with Crippen LogP contribution in [0.15, 0.2) is 4.42 Å². The molecule has 3 saturated heterocycles. The highest BCUT2D eigenvalue weighted by Crippen LogP contribution is 2.59. The van der Waals surface area contributed by atoms with E-state index in [1.807, 2.05) is 0 Å². The smallest absolute Gasteiger partial charge is 0.422 e. The van der Waals surface area contributed by atoms with Crippen molar-refractivity contribution >= 4 is 5.97 Å². The summed E-state index contributed by atoms with van der Waals surface area (Å²) in [6.45, 7) is 3.47. The third-order valence-electron chi connectivity index (χ3n) is 4.18. The molecule has 0 amide bonds. The van der Waals surface area contributed by atoms with Gasteiger partial charge in [0.1, 0.15) is 12.0 Å². The molecular formula is C14H17F3N2O5. The molecule has 0 spiro atoms. The molecule has 0 aliphatic carbocycles. The van der Waals surface area contributed by atoms with E-state index in [0.29, 0.717) is 6.42 Å². The number of oxazole rings is 1. The molecule has 2 N–H and O–H groups in total. The van der Waals surface area contributed by atoms with Gasteiger partial charge in [0.05, 0.1) is 6.61 Å².